The average molecular weight is 290 g/mol. The van der Waals surface area contributed by atoms with Crippen LogP contribution in [0.3, 0.4) is 0 Å². The lowest BCUT2D eigenvalue weighted by molar-refractivity contribution is -0.119. The highest BCUT2D eigenvalue weighted by atomic mass is 19.3. The molecular formula is C13H17F3N2O2. The van der Waals surface area contributed by atoms with Crippen molar-refractivity contribution < 1.29 is 22.7 Å². The van der Waals surface area contributed by atoms with E-state index in [0.29, 0.717) is 6.54 Å². The van der Waals surface area contributed by atoms with Gasteiger partial charge in [0, 0.05) is 24.2 Å². The molecule has 0 aromatic heterocycles. The van der Waals surface area contributed by atoms with Crippen molar-refractivity contribution in [3.8, 4) is 5.75 Å². The third-order valence-corrected chi connectivity index (χ3v) is 2.56. The number of nitrogens with one attached hydrogen (secondary N) is 2. The van der Waals surface area contributed by atoms with Crippen molar-refractivity contribution in [1.82, 2.24) is 5.32 Å². The zero-order valence-corrected chi connectivity index (χ0v) is 11.3. The van der Waals surface area contributed by atoms with Crippen LogP contribution in [0.4, 0.5) is 18.9 Å². The Kier molecular flexibility index (Phi) is 6.30. The van der Waals surface area contributed by atoms with Gasteiger partial charge >= 0.3 is 6.61 Å². The van der Waals surface area contributed by atoms with Crippen molar-refractivity contribution in [3.05, 3.63) is 24.0 Å². The Morgan fingerprint density at radius 3 is 2.65 bits per heavy atom. The molecular weight excluding hydrogens is 273 g/mol. The number of rotatable bonds is 7. The molecule has 4 nitrogen and oxygen atoms in total. The summed E-state index contributed by atoms with van der Waals surface area (Å²) in [7, 11) is 0. The molecule has 0 bridgehead atoms. The summed E-state index contributed by atoms with van der Waals surface area (Å²) in [6.45, 7) is 1.79. The van der Waals surface area contributed by atoms with Gasteiger partial charge in [-0.3, -0.25) is 4.79 Å². The van der Waals surface area contributed by atoms with Crippen LogP contribution >= 0.6 is 0 Å². The highest BCUT2D eigenvalue weighted by Crippen LogP contribution is 2.23. The Hall–Kier alpha value is -1.76. The molecule has 0 saturated carbocycles. The molecule has 1 rings (SSSR count). The minimum Gasteiger partial charge on any atom is -0.432 e. The van der Waals surface area contributed by atoms with Crippen LogP contribution in [-0.4, -0.2) is 25.6 Å². The molecule has 1 amide bonds. The average Bonchev–Trinajstić information content (AvgIpc) is 2.38. The van der Waals surface area contributed by atoms with Gasteiger partial charge < -0.3 is 15.4 Å². The maximum Gasteiger partial charge on any atom is 0.387 e. The molecule has 0 aliphatic heterocycles. The summed E-state index contributed by atoms with van der Waals surface area (Å²) in [4.78, 5) is 11.8. The summed E-state index contributed by atoms with van der Waals surface area (Å²) >= 11 is 0. The van der Waals surface area contributed by atoms with Gasteiger partial charge in [0.05, 0.1) is 0 Å². The van der Waals surface area contributed by atoms with Crippen LogP contribution in [0.15, 0.2) is 18.2 Å². The monoisotopic (exact) mass is 290 g/mol. The summed E-state index contributed by atoms with van der Waals surface area (Å²) in [5.41, 5.74) is 0.192. The predicted molar refractivity (Wildman–Crippen MR) is 69.4 cm³/mol. The molecule has 0 saturated heterocycles. The van der Waals surface area contributed by atoms with E-state index in [1.54, 1.807) is 6.92 Å². The zero-order valence-electron chi connectivity index (χ0n) is 11.3. The zero-order chi connectivity index (χ0) is 15.1. The highest BCUT2D eigenvalue weighted by molar-refractivity contribution is 5.92. The molecule has 0 fully saturated rings. The second-order valence-electron chi connectivity index (χ2n) is 4.22. The van der Waals surface area contributed by atoms with Crippen molar-refractivity contribution >= 4 is 11.6 Å². The Bertz CT molecular complexity index is 455. The minimum atomic E-state index is -3.09. The van der Waals surface area contributed by atoms with Crippen LogP contribution in [0.2, 0.25) is 0 Å². The van der Waals surface area contributed by atoms with E-state index in [4.69, 9.17) is 0 Å². The Morgan fingerprint density at radius 1 is 1.40 bits per heavy atom. The number of alkyl halides is 2. The summed E-state index contributed by atoms with van der Waals surface area (Å²) < 4.78 is 41.4. The molecule has 0 heterocycles. The fourth-order valence-corrected chi connectivity index (χ4v) is 1.49. The lowest BCUT2D eigenvalue weighted by Gasteiger charge is -2.13. The van der Waals surface area contributed by atoms with Crippen LogP contribution in [0, 0.1) is 11.7 Å². The van der Waals surface area contributed by atoms with Crippen molar-refractivity contribution in [1.29, 1.82) is 0 Å². The first kappa shape index (κ1) is 16.3. The smallest absolute Gasteiger partial charge is 0.387 e. The van der Waals surface area contributed by atoms with Gasteiger partial charge in [-0.05, 0) is 18.7 Å². The SMILES string of the molecule is CCNCC(C)C(=O)Nc1ccc(OC(F)F)c(F)c1. The van der Waals surface area contributed by atoms with Gasteiger partial charge in [-0.1, -0.05) is 13.8 Å². The number of anilines is 1. The number of carbonyl (C=O) groups is 1. The number of hydrogen-bond donors (Lipinski definition) is 2. The van der Waals surface area contributed by atoms with Gasteiger partial charge in [-0.2, -0.15) is 8.78 Å². The van der Waals surface area contributed by atoms with Gasteiger partial charge in [0.1, 0.15) is 0 Å². The van der Waals surface area contributed by atoms with Crippen molar-refractivity contribution in [2.45, 2.75) is 20.5 Å². The molecule has 20 heavy (non-hydrogen) atoms. The Balaban J connectivity index is 2.64. The fourth-order valence-electron chi connectivity index (χ4n) is 1.49. The molecule has 1 unspecified atom stereocenters. The first-order chi connectivity index (χ1) is 9.43. The molecule has 0 spiro atoms. The molecule has 0 aliphatic carbocycles. The summed E-state index contributed by atoms with van der Waals surface area (Å²) in [6.07, 6.45) is 0. The van der Waals surface area contributed by atoms with E-state index >= 15 is 0 Å². The quantitative estimate of drug-likeness (QED) is 0.811. The maximum absolute atomic E-state index is 13.4. The molecule has 112 valence electrons. The molecule has 7 heteroatoms. The molecule has 2 N–H and O–H groups in total. The first-order valence-electron chi connectivity index (χ1n) is 6.20. The van der Waals surface area contributed by atoms with Crippen molar-refractivity contribution in [3.63, 3.8) is 0 Å². The largest absolute Gasteiger partial charge is 0.432 e. The normalized spacial score (nSPS) is 12.3. The van der Waals surface area contributed by atoms with Crippen LogP contribution in [0.5, 0.6) is 5.75 Å². The van der Waals surface area contributed by atoms with Gasteiger partial charge in [0.25, 0.3) is 0 Å². The molecule has 1 atom stereocenters. The Morgan fingerprint density at radius 2 is 2.10 bits per heavy atom. The van der Waals surface area contributed by atoms with E-state index in [9.17, 15) is 18.0 Å². The molecule has 1 aromatic rings. The maximum atomic E-state index is 13.4. The topological polar surface area (TPSA) is 50.4 Å². The lowest BCUT2D eigenvalue weighted by Crippen LogP contribution is -2.30. The van der Waals surface area contributed by atoms with E-state index in [2.05, 4.69) is 15.4 Å². The van der Waals surface area contributed by atoms with E-state index in [1.165, 1.54) is 6.07 Å². The molecule has 1 aromatic carbocycles. The standard InChI is InChI=1S/C13H17F3N2O2/c1-3-17-7-8(2)12(19)18-9-4-5-11(10(14)6-9)20-13(15)16/h4-6,8,13,17H,3,7H2,1-2H3,(H,18,19). The number of hydrogen-bond acceptors (Lipinski definition) is 3. The number of ether oxygens (including phenoxy) is 1. The van der Waals surface area contributed by atoms with Gasteiger partial charge in [0.2, 0.25) is 5.91 Å². The summed E-state index contributed by atoms with van der Waals surface area (Å²) in [5, 5.41) is 5.53. The van der Waals surface area contributed by atoms with Crippen LogP contribution in [0.25, 0.3) is 0 Å². The number of carbonyl (C=O) groups excluding carboxylic acids is 1. The van der Waals surface area contributed by atoms with Crippen molar-refractivity contribution in [2.75, 3.05) is 18.4 Å². The number of halogens is 3. The second kappa shape index (κ2) is 7.74. The van der Waals surface area contributed by atoms with Crippen molar-refractivity contribution in [2.24, 2.45) is 5.92 Å². The van der Waals surface area contributed by atoms with E-state index in [1.807, 2.05) is 6.92 Å². The van der Waals surface area contributed by atoms with Gasteiger partial charge in [-0.25, -0.2) is 4.39 Å². The number of benzene rings is 1. The van der Waals surface area contributed by atoms with E-state index < -0.39 is 18.2 Å². The number of amides is 1. The molecule has 0 aliphatic rings. The molecule has 0 radical (unpaired) electrons. The summed E-state index contributed by atoms with van der Waals surface area (Å²) in [6, 6.07) is 3.29. The Labute approximate surface area is 115 Å². The van der Waals surface area contributed by atoms with E-state index in [-0.39, 0.29) is 17.5 Å². The van der Waals surface area contributed by atoms with Gasteiger partial charge in [-0.15, -0.1) is 0 Å². The minimum absolute atomic E-state index is 0.192. The van der Waals surface area contributed by atoms with Crippen LogP contribution in [0.1, 0.15) is 13.8 Å². The predicted octanol–water partition coefficient (Wildman–Crippen LogP) is 2.61. The third-order valence-electron chi connectivity index (χ3n) is 2.56. The van der Waals surface area contributed by atoms with Crippen LogP contribution < -0.4 is 15.4 Å². The summed E-state index contributed by atoms with van der Waals surface area (Å²) in [5.74, 6) is -2.09. The fraction of sp³-hybridized carbons (Fsp3) is 0.462. The first-order valence-corrected chi connectivity index (χ1v) is 6.20. The van der Waals surface area contributed by atoms with Crippen LogP contribution in [-0.2, 0) is 4.79 Å². The van der Waals surface area contributed by atoms with E-state index in [0.717, 1.165) is 18.7 Å². The highest BCUT2D eigenvalue weighted by Gasteiger charge is 2.14. The second-order valence-corrected chi connectivity index (χ2v) is 4.22. The van der Waals surface area contributed by atoms with Gasteiger partial charge in [0.15, 0.2) is 11.6 Å². The lowest BCUT2D eigenvalue weighted by atomic mass is 10.1. The third kappa shape index (κ3) is 5.08.